The van der Waals surface area contributed by atoms with Crippen molar-refractivity contribution < 1.29 is 19.1 Å². The van der Waals surface area contributed by atoms with E-state index < -0.39 is 12.2 Å². The molecule has 0 spiro atoms. The lowest BCUT2D eigenvalue weighted by Gasteiger charge is -2.34. The largest absolute Gasteiger partial charge is 0.513 e. The van der Waals surface area contributed by atoms with Crippen LogP contribution in [-0.4, -0.2) is 31.3 Å². The molecule has 0 aliphatic carbocycles. The average molecular weight is 439 g/mol. The number of nitrogens with zero attached hydrogens (tertiary/aromatic N) is 1. The zero-order chi connectivity index (χ0) is 23.4. The van der Waals surface area contributed by atoms with Gasteiger partial charge in [-0.05, 0) is 79.0 Å². The fourth-order valence-corrected chi connectivity index (χ4v) is 4.21. The second kappa shape index (κ2) is 10.2. The molecule has 2 atom stereocenters. The van der Waals surface area contributed by atoms with Crippen molar-refractivity contribution in [3.63, 3.8) is 0 Å². The van der Waals surface area contributed by atoms with Crippen molar-refractivity contribution in [2.24, 2.45) is 17.6 Å². The fourth-order valence-electron chi connectivity index (χ4n) is 4.21. The maximum Gasteiger partial charge on any atom is 0.513 e. The van der Waals surface area contributed by atoms with Crippen LogP contribution in [0.2, 0.25) is 0 Å². The Labute approximate surface area is 190 Å². The number of para-hydroxylation sites is 1. The number of carbonyl (C=O) groups is 2. The summed E-state index contributed by atoms with van der Waals surface area (Å²) in [7, 11) is 0. The smallest absolute Gasteiger partial charge is 0.434 e. The van der Waals surface area contributed by atoms with Gasteiger partial charge >= 0.3 is 6.16 Å². The normalized spacial score (nSPS) is 16.5. The molecule has 6 nitrogen and oxygen atoms in total. The number of rotatable bonds is 6. The number of anilines is 1. The first kappa shape index (κ1) is 23.8. The number of carbonyl (C=O) groups excluding carboxylic acids is 2. The molecular weight excluding hydrogens is 404 g/mol. The van der Waals surface area contributed by atoms with Gasteiger partial charge in [-0.1, -0.05) is 39.0 Å². The van der Waals surface area contributed by atoms with E-state index in [-0.39, 0.29) is 11.8 Å². The second-order valence-corrected chi connectivity index (χ2v) is 9.29. The van der Waals surface area contributed by atoms with E-state index in [4.69, 9.17) is 15.2 Å². The Balaban J connectivity index is 1.72. The summed E-state index contributed by atoms with van der Waals surface area (Å²) < 4.78 is 10.4. The van der Waals surface area contributed by atoms with E-state index in [2.05, 4.69) is 13.0 Å². The predicted octanol–water partition coefficient (Wildman–Crippen LogP) is 4.57. The molecular formula is C26H34N2O4. The lowest BCUT2D eigenvalue weighted by atomic mass is 9.92. The highest BCUT2D eigenvalue weighted by atomic mass is 16.7. The van der Waals surface area contributed by atoms with Crippen LogP contribution in [-0.2, 0) is 22.4 Å². The minimum Gasteiger partial charge on any atom is -0.434 e. The van der Waals surface area contributed by atoms with Crippen molar-refractivity contribution >= 4 is 17.7 Å². The minimum atomic E-state index is -0.713. The number of aryl methyl sites for hydroxylation is 2. The van der Waals surface area contributed by atoms with Crippen LogP contribution in [0.1, 0.15) is 43.0 Å². The second-order valence-electron chi connectivity index (χ2n) is 9.29. The molecule has 0 bridgehead atoms. The van der Waals surface area contributed by atoms with Crippen LogP contribution in [0.4, 0.5) is 10.5 Å². The third-order valence-corrected chi connectivity index (χ3v) is 5.76. The molecule has 2 aromatic carbocycles. The van der Waals surface area contributed by atoms with Crippen molar-refractivity contribution in [3.05, 3.63) is 58.7 Å². The zero-order valence-electron chi connectivity index (χ0n) is 19.7. The van der Waals surface area contributed by atoms with Gasteiger partial charge in [0.1, 0.15) is 5.75 Å². The first-order chi connectivity index (χ1) is 15.2. The summed E-state index contributed by atoms with van der Waals surface area (Å²) in [6.45, 7) is 10.9. The van der Waals surface area contributed by atoms with E-state index in [9.17, 15) is 9.59 Å². The van der Waals surface area contributed by atoms with Gasteiger partial charge in [0, 0.05) is 12.2 Å². The Morgan fingerprint density at radius 2 is 1.81 bits per heavy atom. The van der Waals surface area contributed by atoms with Gasteiger partial charge in [0.25, 0.3) is 0 Å². The summed E-state index contributed by atoms with van der Waals surface area (Å²) >= 11 is 0. The summed E-state index contributed by atoms with van der Waals surface area (Å²) in [5.41, 5.74) is 11.4. The van der Waals surface area contributed by atoms with Crippen molar-refractivity contribution in [3.8, 4) is 5.75 Å². The number of hydrogen-bond donors (Lipinski definition) is 1. The maximum absolute atomic E-state index is 13.3. The molecule has 3 rings (SSSR count). The first-order valence-corrected chi connectivity index (χ1v) is 11.2. The molecule has 1 aliphatic heterocycles. The van der Waals surface area contributed by atoms with Crippen molar-refractivity contribution in [2.75, 3.05) is 18.1 Å². The molecule has 32 heavy (non-hydrogen) atoms. The SMILES string of the molecule is Cc1cc(OC(=O)OCC(C)C)cc(C)c1C[C@@H](N)C(=O)N1CC(C)Cc2ccccc21. The molecule has 2 aromatic rings. The molecule has 172 valence electrons. The molecule has 2 N–H and O–H groups in total. The third-order valence-electron chi connectivity index (χ3n) is 5.76. The van der Waals surface area contributed by atoms with Crippen molar-refractivity contribution in [2.45, 2.75) is 53.5 Å². The Hall–Kier alpha value is -2.86. The van der Waals surface area contributed by atoms with E-state index in [1.165, 1.54) is 5.56 Å². The molecule has 0 fully saturated rings. The van der Waals surface area contributed by atoms with Crippen LogP contribution in [0.25, 0.3) is 0 Å². The minimum absolute atomic E-state index is 0.0691. The molecule has 0 radical (unpaired) electrons. The Kier molecular flexibility index (Phi) is 7.56. The Bertz CT molecular complexity index is 963. The van der Waals surface area contributed by atoms with E-state index in [0.29, 0.717) is 31.2 Å². The van der Waals surface area contributed by atoms with Gasteiger partial charge in [0.2, 0.25) is 5.91 Å². The van der Waals surface area contributed by atoms with Crippen LogP contribution in [0.3, 0.4) is 0 Å². The Morgan fingerprint density at radius 1 is 1.16 bits per heavy atom. The molecule has 1 heterocycles. The predicted molar refractivity (Wildman–Crippen MR) is 126 cm³/mol. The Morgan fingerprint density at radius 3 is 2.47 bits per heavy atom. The van der Waals surface area contributed by atoms with Crippen LogP contribution < -0.4 is 15.4 Å². The van der Waals surface area contributed by atoms with Gasteiger partial charge < -0.3 is 20.1 Å². The molecule has 1 unspecified atom stereocenters. The van der Waals surface area contributed by atoms with Gasteiger partial charge in [0.15, 0.2) is 0 Å². The quantitative estimate of drug-likeness (QED) is 0.528. The lowest BCUT2D eigenvalue weighted by Crippen LogP contribution is -2.48. The number of hydrogen-bond acceptors (Lipinski definition) is 5. The zero-order valence-corrected chi connectivity index (χ0v) is 19.7. The summed E-state index contributed by atoms with van der Waals surface area (Å²) in [5, 5.41) is 0. The van der Waals surface area contributed by atoms with Crippen LogP contribution in [0.5, 0.6) is 5.75 Å². The van der Waals surface area contributed by atoms with E-state index in [1.807, 2.05) is 50.8 Å². The highest BCUT2D eigenvalue weighted by molar-refractivity contribution is 5.98. The van der Waals surface area contributed by atoms with Gasteiger partial charge in [-0.3, -0.25) is 4.79 Å². The van der Waals surface area contributed by atoms with Crippen LogP contribution in [0.15, 0.2) is 36.4 Å². The molecule has 1 amide bonds. The molecule has 0 saturated heterocycles. The topological polar surface area (TPSA) is 81.9 Å². The van der Waals surface area contributed by atoms with Crippen molar-refractivity contribution in [1.29, 1.82) is 0 Å². The molecule has 6 heteroatoms. The van der Waals surface area contributed by atoms with Gasteiger partial charge in [0.05, 0.1) is 12.6 Å². The summed E-state index contributed by atoms with van der Waals surface area (Å²) in [6.07, 6.45) is 0.672. The molecule has 1 aliphatic rings. The lowest BCUT2D eigenvalue weighted by molar-refractivity contribution is -0.120. The van der Waals surface area contributed by atoms with E-state index in [1.54, 1.807) is 12.1 Å². The van der Waals surface area contributed by atoms with Crippen LogP contribution >= 0.6 is 0 Å². The number of ether oxygens (including phenoxy) is 2. The van der Waals surface area contributed by atoms with Gasteiger partial charge in [-0.25, -0.2) is 4.79 Å². The standard InChI is InChI=1S/C26H34N2O4/c1-16(2)15-31-26(30)32-21-11-18(4)22(19(5)12-21)13-23(27)25(29)28-14-17(3)10-20-8-6-7-9-24(20)28/h6-9,11-12,16-17,23H,10,13-15,27H2,1-5H3/t17?,23-/m1/s1. The van der Waals surface area contributed by atoms with E-state index >= 15 is 0 Å². The summed E-state index contributed by atoms with van der Waals surface area (Å²) in [6, 6.07) is 11.0. The molecule has 0 saturated carbocycles. The highest BCUT2D eigenvalue weighted by Gasteiger charge is 2.30. The van der Waals surface area contributed by atoms with Gasteiger partial charge in [-0.15, -0.1) is 0 Å². The number of benzene rings is 2. The first-order valence-electron chi connectivity index (χ1n) is 11.2. The van der Waals surface area contributed by atoms with Crippen molar-refractivity contribution in [1.82, 2.24) is 0 Å². The van der Waals surface area contributed by atoms with E-state index in [0.717, 1.165) is 28.8 Å². The fraction of sp³-hybridized carbons (Fsp3) is 0.462. The monoisotopic (exact) mass is 438 g/mol. The highest BCUT2D eigenvalue weighted by Crippen LogP contribution is 2.30. The summed E-state index contributed by atoms with van der Waals surface area (Å²) in [4.78, 5) is 27.0. The number of amides is 1. The van der Waals surface area contributed by atoms with Gasteiger partial charge in [-0.2, -0.15) is 0 Å². The molecule has 0 aromatic heterocycles. The third kappa shape index (κ3) is 5.68. The number of nitrogens with two attached hydrogens (primary N) is 1. The maximum atomic E-state index is 13.3. The number of fused-ring (bicyclic) bond motifs is 1. The average Bonchev–Trinajstić information content (AvgIpc) is 2.73. The van der Waals surface area contributed by atoms with Crippen LogP contribution in [0, 0.1) is 25.7 Å². The summed E-state index contributed by atoms with van der Waals surface area (Å²) in [5.74, 6) is 0.982.